The van der Waals surface area contributed by atoms with E-state index < -0.39 is 35.5 Å². The molecule has 0 spiro atoms. The lowest BCUT2D eigenvalue weighted by Gasteiger charge is -2.27. The van der Waals surface area contributed by atoms with E-state index in [9.17, 15) is 33.2 Å². The molecule has 6 rings (SSSR count). The number of carbonyl (C=O) groups is 6. The first-order valence-electron chi connectivity index (χ1n) is 17.1. The highest BCUT2D eigenvalue weighted by molar-refractivity contribution is 7.16. The molecule has 1 atom stereocenters. The van der Waals surface area contributed by atoms with E-state index in [1.54, 1.807) is 24.3 Å². The molecular formula is C38H37FN6O7S. The van der Waals surface area contributed by atoms with Crippen molar-refractivity contribution in [3.63, 3.8) is 0 Å². The largest absolute Gasteiger partial charge is 0.494 e. The molecule has 3 heterocycles. The number of fused-ring (bicyclic) bond motifs is 1. The molecule has 0 bridgehead atoms. The first kappa shape index (κ1) is 36.8. The van der Waals surface area contributed by atoms with Crippen LogP contribution in [0.2, 0.25) is 0 Å². The molecule has 274 valence electrons. The van der Waals surface area contributed by atoms with E-state index in [0.29, 0.717) is 41.0 Å². The molecule has 3 aromatic carbocycles. The Morgan fingerprint density at radius 3 is 2.57 bits per heavy atom. The summed E-state index contributed by atoms with van der Waals surface area (Å²) < 4.78 is 20.4. The number of nitrogens with one attached hydrogen (secondary N) is 4. The van der Waals surface area contributed by atoms with Gasteiger partial charge in [0.1, 0.15) is 17.6 Å². The first-order chi connectivity index (χ1) is 25.5. The number of ether oxygens (including phenoxy) is 1. The molecule has 1 aromatic heterocycles. The van der Waals surface area contributed by atoms with Crippen LogP contribution in [0.15, 0.2) is 60.7 Å². The summed E-state index contributed by atoms with van der Waals surface area (Å²) in [7, 11) is 0. The SMILES string of the molecule is CC(=O)Nc1ccc(-c2nc(NC(=O)Cc3cccc(OCCCCCNc4cccc5c4C(=O)N(C4CCC(=O)NC4=O)C5=O)c3)sc2C)cc1F. The molecule has 15 heteroatoms. The number of nitrogens with zero attached hydrogens (tertiary/aromatic N) is 2. The Morgan fingerprint density at radius 1 is 0.981 bits per heavy atom. The van der Waals surface area contributed by atoms with Crippen molar-refractivity contribution in [2.24, 2.45) is 0 Å². The van der Waals surface area contributed by atoms with Gasteiger partial charge in [0.2, 0.25) is 23.6 Å². The lowest BCUT2D eigenvalue weighted by atomic mass is 10.0. The van der Waals surface area contributed by atoms with Gasteiger partial charge in [0.25, 0.3) is 11.8 Å². The minimum atomic E-state index is -1.02. The number of hydrogen-bond acceptors (Lipinski definition) is 10. The second-order valence-electron chi connectivity index (χ2n) is 12.7. The number of carbonyl (C=O) groups excluding carboxylic acids is 6. The van der Waals surface area contributed by atoms with Gasteiger partial charge in [-0.2, -0.15) is 0 Å². The summed E-state index contributed by atoms with van der Waals surface area (Å²) in [5, 5.41) is 11.1. The number of imide groups is 2. The van der Waals surface area contributed by atoms with Crippen molar-refractivity contribution in [2.75, 3.05) is 29.1 Å². The Hall–Kier alpha value is -5.96. The zero-order valence-electron chi connectivity index (χ0n) is 29.0. The summed E-state index contributed by atoms with van der Waals surface area (Å²) in [4.78, 5) is 80.7. The minimum absolute atomic E-state index is 0.0587. The predicted molar refractivity (Wildman–Crippen MR) is 196 cm³/mol. The van der Waals surface area contributed by atoms with Crippen molar-refractivity contribution in [1.82, 2.24) is 15.2 Å². The lowest BCUT2D eigenvalue weighted by Crippen LogP contribution is -2.54. The van der Waals surface area contributed by atoms with Gasteiger partial charge in [-0.3, -0.25) is 39.0 Å². The zero-order valence-corrected chi connectivity index (χ0v) is 29.9. The third kappa shape index (κ3) is 8.58. The zero-order chi connectivity index (χ0) is 37.6. The molecule has 4 aromatic rings. The Balaban J connectivity index is 0.935. The molecule has 13 nitrogen and oxygen atoms in total. The quantitative estimate of drug-likeness (QED) is 0.0967. The summed E-state index contributed by atoms with van der Waals surface area (Å²) >= 11 is 1.28. The summed E-state index contributed by atoms with van der Waals surface area (Å²) in [6, 6.07) is 15.7. The average Bonchev–Trinajstić information content (AvgIpc) is 3.60. The van der Waals surface area contributed by atoms with Crippen molar-refractivity contribution >= 4 is 63.3 Å². The number of hydrogen-bond donors (Lipinski definition) is 4. The second-order valence-corrected chi connectivity index (χ2v) is 13.9. The first-order valence-corrected chi connectivity index (χ1v) is 17.9. The molecular weight excluding hydrogens is 704 g/mol. The standard InChI is InChI=1S/C38H37FN6O7S/c1-21-34(24-12-13-28(27(39)20-24)41-22(2)46)44-38(53-21)43-32(48)19-23-8-6-9-25(18-23)52-17-5-3-4-16-40-29-11-7-10-26-33(29)37(51)45(36(26)50)30-14-15-31(47)42-35(30)49/h6-13,18,20,30,40H,3-5,14-17,19H2,1-2H3,(H,41,46)(H,42,47,49)(H,43,44,48). The minimum Gasteiger partial charge on any atom is -0.494 e. The highest BCUT2D eigenvalue weighted by Crippen LogP contribution is 2.34. The Kier molecular flexibility index (Phi) is 11.2. The van der Waals surface area contributed by atoms with Crippen LogP contribution in [0, 0.1) is 12.7 Å². The molecule has 0 radical (unpaired) electrons. The molecule has 2 aliphatic heterocycles. The van der Waals surface area contributed by atoms with E-state index in [2.05, 4.69) is 26.3 Å². The smallest absolute Gasteiger partial charge is 0.264 e. The van der Waals surface area contributed by atoms with Crippen LogP contribution < -0.4 is 26.0 Å². The van der Waals surface area contributed by atoms with Crippen molar-refractivity contribution in [3.8, 4) is 17.0 Å². The Labute approximate surface area is 308 Å². The molecule has 6 amide bonds. The number of thiazole rings is 1. The van der Waals surface area contributed by atoms with Gasteiger partial charge in [-0.05, 0) is 74.6 Å². The molecule has 1 saturated heterocycles. The lowest BCUT2D eigenvalue weighted by molar-refractivity contribution is -0.136. The number of rotatable bonds is 14. The number of halogens is 1. The summed E-state index contributed by atoms with van der Waals surface area (Å²) in [5.41, 5.74) is 2.88. The van der Waals surface area contributed by atoms with Gasteiger partial charge >= 0.3 is 0 Å². The highest BCUT2D eigenvalue weighted by atomic mass is 32.1. The van der Waals surface area contributed by atoms with Crippen molar-refractivity contribution in [2.45, 2.75) is 58.4 Å². The van der Waals surface area contributed by atoms with Crippen LogP contribution in [-0.4, -0.2) is 64.5 Å². The Bertz CT molecular complexity index is 2120. The van der Waals surface area contributed by atoms with Crippen molar-refractivity contribution in [3.05, 3.63) is 88.0 Å². The number of amides is 6. The fourth-order valence-corrected chi connectivity index (χ4v) is 7.10. The maximum absolute atomic E-state index is 14.5. The topological polar surface area (TPSA) is 176 Å². The highest BCUT2D eigenvalue weighted by Gasteiger charge is 2.45. The second kappa shape index (κ2) is 16.2. The summed E-state index contributed by atoms with van der Waals surface area (Å²) in [6.07, 6.45) is 2.59. The van der Waals surface area contributed by atoms with E-state index in [-0.39, 0.29) is 47.9 Å². The van der Waals surface area contributed by atoms with Crippen LogP contribution in [0.3, 0.4) is 0 Å². The fraction of sp³-hybridized carbons (Fsp3) is 0.289. The van der Waals surface area contributed by atoms with E-state index in [1.165, 1.54) is 30.4 Å². The molecule has 1 fully saturated rings. The molecule has 0 aliphatic carbocycles. The van der Waals surface area contributed by atoms with Crippen LogP contribution in [0.5, 0.6) is 5.75 Å². The van der Waals surface area contributed by atoms with Gasteiger partial charge in [-0.15, -0.1) is 11.3 Å². The maximum atomic E-state index is 14.5. The fourth-order valence-electron chi connectivity index (χ4n) is 6.24. The van der Waals surface area contributed by atoms with Gasteiger partial charge < -0.3 is 20.7 Å². The molecule has 0 saturated carbocycles. The molecule has 1 unspecified atom stereocenters. The van der Waals surface area contributed by atoms with Crippen LogP contribution in [0.1, 0.15) is 70.2 Å². The number of anilines is 3. The van der Waals surface area contributed by atoms with E-state index in [4.69, 9.17) is 4.74 Å². The third-order valence-electron chi connectivity index (χ3n) is 8.73. The number of aryl methyl sites for hydroxylation is 1. The average molecular weight is 741 g/mol. The number of benzene rings is 3. The molecule has 53 heavy (non-hydrogen) atoms. The normalized spacial score (nSPS) is 15.2. The van der Waals surface area contributed by atoms with Gasteiger partial charge in [0.15, 0.2) is 5.13 Å². The van der Waals surface area contributed by atoms with Gasteiger partial charge in [-0.25, -0.2) is 9.37 Å². The Morgan fingerprint density at radius 2 is 1.79 bits per heavy atom. The summed E-state index contributed by atoms with van der Waals surface area (Å²) in [6.45, 7) is 4.14. The van der Waals surface area contributed by atoms with Crippen LogP contribution in [-0.2, 0) is 25.6 Å². The van der Waals surface area contributed by atoms with E-state index >= 15 is 0 Å². The van der Waals surface area contributed by atoms with Gasteiger partial charge in [0, 0.05) is 36.0 Å². The summed E-state index contributed by atoms with van der Waals surface area (Å²) in [5.74, 6) is -2.75. The monoisotopic (exact) mass is 740 g/mol. The number of unbranched alkanes of at least 4 members (excludes halogenated alkanes) is 2. The number of piperidine rings is 1. The van der Waals surface area contributed by atoms with E-state index in [0.717, 1.165) is 34.6 Å². The van der Waals surface area contributed by atoms with Crippen LogP contribution in [0.25, 0.3) is 11.3 Å². The number of aromatic nitrogens is 1. The predicted octanol–water partition coefficient (Wildman–Crippen LogP) is 5.46. The van der Waals surface area contributed by atoms with Gasteiger partial charge in [-0.1, -0.05) is 24.3 Å². The molecule has 2 aliphatic rings. The van der Waals surface area contributed by atoms with Crippen molar-refractivity contribution in [1.29, 1.82) is 0 Å². The van der Waals surface area contributed by atoms with Crippen LogP contribution in [0.4, 0.5) is 20.9 Å². The molecule has 4 N–H and O–H groups in total. The van der Waals surface area contributed by atoms with Gasteiger partial charge in [0.05, 0.1) is 35.5 Å². The van der Waals surface area contributed by atoms with Crippen LogP contribution >= 0.6 is 11.3 Å². The van der Waals surface area contributed by atoms with E-state index in [1.807, 2.05) is 31.2 Å². The maximum Gasteiger partial charge on any atom is 0.264 e. The third-order valence-corrected chi connectivity index (χ3v) is 9.62. The van der Waals surface area contributed by atoms with Crippen molar-refractivity contribution < 1.29 is 37.9 Å².